The number of aromatic nitrogens is 1. The molecule has 1 aliphatic rings. The van der Waals surface area contributed by atoms with E-state index in [1.807, 2.05) is 11.3 Å². The Morgan fingerprint density at radius 2 is 1.63 bits per heavy atom. The lowest BCUT2D eigenvalue weighted by atomic mass is 10.0. The molecule has 0 atom stereocenters. The minimum atomic E-state index is 1.18. The summed E-state index contributed by atoms with van der Waals surface area (Å²) < 4.78 is 0. The van der Waals surface area contributed by atoms with Gasteiger partial charge in [0.1, 0.15) is 0 Å². The van der Waals surface area contributed by atoms with Crippen molar-refractivity contribution in [3.05, 3.63) is 52.3 Å². The van der Waals surface area contributed by atoms with Crippen LogP contribution >= 0.6 is 22.7 Å². The second kappa shape index (κ2) is 4.58. The van der Waals surface area contributed by atoms with Gasteiger partial charge >= 0.3 is 0 Å². The molecule has 1 nitrogen and oxygen atoms in total. The predicted molar refractivity (Wildman–Crippen MR) is 82.9 cm³/mol. The van der Waals surface area contributed by atoms with E-state index in [2.05, 4.69) is 41.2 Å². The first-order valence-electron chi connectivity index (χ1n) is 6.52. The summed E-state index contributed by atoms with van der Waals surface area (Å²) in [7, 11) is 0. The second-order valence-electron chi connectivity index (χ2n) is 4.79. The molecule has 94 valence electrons. The maximum atomic E-state index is 4.77. The van der Waals surface area contributed by atoms with Crippen LogP contribution in [0.5, 0.6) is 0 Å². The third kappa shape index (κ3) is 1.85. The molecule has 0 saturated heterocycles. The molecule has 0 N–H and O–H groups in total. The van der Waals surface area contributed by atoms with Crippen LogP contribution in [-0.2, 0) is 12.8 Å². The van der Waals surface area contributed by atoms with Gasteiger partial charge in [-0.05, 0) is 53.3 Å². The van der Waals surface area contributed by atoms with Gasteiger partial charge < -0.3 is 0 Å². The maximum Gasteiger partial charge on any atom is 0.0836 e. The Kier molecular flexibility index (Phi) is 2.75. The molecule has 1 aliphatic carbocycles. The van der Waals surface area contributed by atoms with E-state index in [-0.39, 0.29) is 0 Å². The Labute approximate surface area is 120 Å². The molecule has 0 fully saturated rings. The van der Waals surface area contributed by atoms with Crippen molar-refractivity contribution in [1.82, 2.24) is 4.98 Å². The van der Waals surface area contributed by atoms with Gasteiger partial charge in [-0.25, -0.2) is 0 Å². The van der Waals surface area contributed by atoms with Crippen LogP contribution in [-0.4, -0.2) is 4.98 Å². The summed E-state index contributed by atoms with van der Waals surface area (Å²) in [6, 6.07) is 8.60. The van der Waals surface area contributed by atoms with E-state index in [1.165, 1.54) is 51.4 Å². The van der Waals surface area contributed by atoms with Crippen molar-refractivity contribution in [3.63, 3.8) is 0 Å². The number of pyridine rings is 1. The zero-order valence-corrected chi connectivity index (χ0v) is 12.1. The van der Waals surface area contributed by atoms with E-state index in [4.69, 9.17) is 4.98 Å². The van der Waals surface area contributed by atoms with E-state index < -0.39 is 0 Å². The fourth-order valence-corrected chi connectivity index (χ4v) is 4.37. The molecule has 0 aliphatic heterocycles. The maximum absolute atomic E-state index is 4.77. The van der Waals surface area contributed by atoms with Gasteiger partial charge in [0.2, 0.25) is 0 Å². The molecule has 0 radical (unpaired) electrons. The van der Waals surface area contributed by atoms with E-state index in [9.17, 15) is 0 Å². The van der Waals surface area contributed by atoms with Crippen LogP contribution in [0.3, 0.4) is 0 Å². The molecular weight excluding hydrogens is 270 g/mol. The topological polar surface area (TPSA) is 12.9 Å². The molecule has 0 saturated carbocycles. The summed E-state index contributed by atoms with van der Waals surface area (Å²) in [6.45, 7) is 0. The van der Waals surface area contributed by atoms with Crippen LogP contribution in [0.4, 0.5) is 0 Å². The Morgan fingerprint density at radius 3 is 2.37 bits per heavy atom. The van der Waals surface area contributed by atoms with Gasteiger partial charge in [-0.1, -0.05) is 12.1 Å². The smallest absolute Gasteiger partial charge is 0.0836 e. The lowest BCUT2D eigenvalue weighted by Crippen LogP contribution is -1.94. The van der Waals surface area contributed by atoms with Gasteiger partial charge in [0.05, 0.1) is 10.6 Å². The number of hydrogen-bond donors (Lipinski definition) is 0. The van der Waals surface area contributed by atoms with E-state index in [0.717, 1.165) is 0 Å². The highest BCUT2D eigenvalue weighted by atomic mass is 32.1. The number of fused-ring (bicyclic) bond motifs is 1. The standard InChI is InChI=1S/C16H13NS2/c1-4-11-12(5-1)16(15-7-3-9-19-15)17-10-13(11)14-6-2-8-18-14/h2-3,6-10H,1,4-5H2. The first-order valence-corrected chi connectivity index (χ1v) is 8.28. The van der Waals surface area contributed by atoms with Gasteiger partial charge in [0, 0.05) is 16.6 Å². The number of rotatable bonds is 2. The van der Waals surface area contributed by atoms with Crippen LogP contribution in [0.15, 0.2) is 41.2 Å². The molecule has 3 heterocycles. The third-order valence-electron chi connectivity index (χ3n) is 3.69. The molecule has 4 rings (SSSR count). The van der Waals surface area contributed by atoms with E-state index >= 15 is 0 Å². The highest BCUT2D eigenvalue weighted by molar-refractivity contribution is 7.13. The van der Waals surface area contributed by atoms with Crippen LogP contribution in [0, 0.1) is 0 Å². The molecule has 0 amide bonds. The average molecular weight is 283 g/mol. The normalized spacial score (nSPS) is 13.7. The van der Waals surface area contributed by atoms with Gasteiger partial charge in [-0.3, -0.25) is 4.98 Å². The molecule has 3 heteroatoms. The van der Waals surface area contributed by atoms with Gasteiger partial charge in [-0.15, -0.1) is 22.7 Å². The average Bonchev–Trinajstić information content (AvgIpc) is 3.19. The summed E-state index contributed by atoms with van der Waals surface area (Å²) in [5.41, 5.74) is 5.57. The fourth-order valence-electron chi connectivity index (χ4n) is 2.86. The molecule has 0 aromatic carbocycles. The zero-order valence-electron chi connectivity index (χ0n) is 10.4. The van der Waals surface area contributed by atoms with Crippen LogP contribution in [0.25, 0.3) is 21.0 Å². The van der Waals surface area contributed by atoms with Crippen LogP contribution in [0.1, 0.15) is 17.5 Å². The monoisotopic (exact) mass is 283 g/mol. The summed E-state index contributed by atoms with van der Waals surface area (Å²) in [5.74, 6) is 0. The Hall–Kier alpha value is -1.45. The quantitative estimate of drug-likeness (QED) is 0.643. The summed E-state index contributed by atoms with van der Waals surface area (Å²) in [5, 5.41) is 4.27. The first kappa shape index (κ1) is 11.4. The predicted octanol–water partition coefficient (Wildman–Crippen LogP) is 5.03. The first-order chi connectivity index (χ1) is 9.43. The van der Waals surface area contributed by atoms with Crippen molar-refractivity contribution < 1.29 is 0 Å². The Morgan fingerprint density at radius 1 is 0.895 bits per heavy atom. The molecule has 0 unspecified atom stereocenters. The molecule has 0 bridgehead atoms. The second-order valence-corrected chi connectivity index (χ2v) is 6.68. The number of thiophene rings is 2. The zero-order chi connectivity index (χ0) is 12.7. The fraction of sp³-hybridized carbons (Fsp3) is 0.188. The van der Waals surface area contributed by atoms with Crippen molar-refractivity contribution in [2.24, 2.45) is 0 Å². The number of hydrogen-bond acceptors (Lipinski definition) is 3. The summed E-state index contributed by atoms with van der Waals surface area (Å²) >= 11 is 3.59. The number of nitrogens with zero attached hydrogens (tertiary/aromatic N) is 1. The molecule has 0 spiro atoms. The van der Waals surface area contributed by atoms with Crippen LogP contribution < -0.4 is 0 Å². The molecule has 19 heavy (non-hydrogen) atoms. The van der Waals surface area contributed by atoms with Crippen LogP contribution in [0.2, 0.25) is 0 Å². The van der Waals surface area contributed by atoms with Gasteiger partial charge in [0.15, 0.2) is 0 Å². The largest absolute Gasteiger partial charge is 0.254 e. The lowest BCUT2D eigenvalue weighted by Gasteiger charge is -2.10. The van der Waals surface area contributed by atoms with Crippen molar-refractivity contribution in [2.45, 2.75) is 19.3 Å². The minimum Gasteiger partial charge on any atom is -0.254 e. The Bertz CT molecular complexity index is 635. The third-order valence-corrected chi connectivity index (χ3v) is 5.47. The van der Waals surface area contributed by atoms with E-state index in [1.54, 1.807) is 11.3 Å². The highest BCUT2D eigenvalue weighted by Crippen LogP contribution is 2.39. The van der Waals surface area contributed by atoms with Crippen molar-refractivity contribution in [3.8, 4) is 21.0 Å². The van der Waals surface area contributed by atoms with Crippen molar-refractivity contribution in [1.29, 1.82) is 0 Å². The lowest BCUT2D eigenvalue weighted by molar-refractivity contribution is 0.912. The highest BCUT2D eigenvalue weighted by Gasteiger charge is 2.21. The minimum absolute atomic E-state index is 1.18. The summed E-state index contributed by atoms with van der Waals surface area (Å²) in [4.78, 5) is 7.42. The molecule has 3 aromatic rings. The van der Waals surface area contributed by atoms with Crippen molar-refractivity contribution in [2.75, 3.05) is 0 Å². The van der Waals surface area contributed by atoms with E-state index in [0.29, 0.717) is 0 Å². The molecule has 3 aromatic heterocycles. The Balaban J connectivity index is 1.92. The summed E-state index contributed by atoms with van der Waals surface area (Å²) in [6.07, 6.45) is 5.71. The SMILES string of the molecule is c1csc(-c2cnc(-c3cccs3)c3c2CCC3)c1. The van der Waals surface area contributed by atoms with Gasteiger partial charge in [0.25, 0.3) is 0 Å². The van der Waals surface area contributed by atoms with Crippen molar-refractivity contribution >= 4 is 22.7 Å². The molecular formula is C16H13NS2. The van der Waals surface area contributed by atoms with Gasteiger partial charge in [-0.2, -0.15) is 0 Å².